The molecular formula is C27H36O8. The van der Waals surface area contributed by atoms with Gasteiger partial charge in [-0.25, -0.2) is 0 Å². The normalized spacial score (nSPS) is 13.9. The molecule has 0 radical (unpaired) electrons. The second-order valence-electron chi connectivity index (χ2n) is 10.8. The van der Waals surface area contributed by atoms with Crippen molar-refractivity contribution >= 4 is 11.6 Å². The third kappa shape index (κ3) is 6.93. The molecular weight excluding hydrogens is 452 g/mol. The Labute approximate surface area is 205 Å². The van der Waals surface area contributed by atoms with Crippen molar-refractivity contribution in [2.45, 2.75) is 84.5 Å². The summed E-state index contributed by atoms with van der Waals surface area (Å²) in [5.41, 5.74) is -1.75. The zero-order valence-electron chi connectivity index (χ0n) is 21.3. The Kier molecular flexibility index (Phi) is 8.87. The van der Waals surface area contributed by atoms with Crippen LogP contribution in [0.1, 0.15) is 84.8 Å². The molecule has 2 aromatic rings. The van der Waals surface area contributed by atoms with E-state index in [9.17, 15) is 29.4 Å². The maximum absolute atomic E-state index is 12.7. The minimum Gasteiger partial charge on any atom is -0.502 e. The fourth-order valence-electron chi connectivity index (χ4n) is 4.66. The monoisotopic (exact) mass is 488 g/mol. The molecule has 0 aliphatic rings. The van der Waals surface area contributed by atoms with Crippen molar-refractivity contribution in [1.29, 1.82) is 0 Å². The highest BCUT2D eigenvalue weighted by molar-refractivity contribution is 5.83. The summed E-state index contributed by atoms with van der Waals surface area (Å²) in [6, 6.07) is 0. The zero-order valence-corrected chi connectivity index (χ0v) is 21.3. The molecule has 8 heteroatoms. The molecule has 0 spiro atoms. The number of Topliss-reactive ketones (excluding diaryl/α,β-unsaturated/α-hetero) is 2. The van der Waals surface area contributed by atoms with Crippen LogP contribution >= 0.6 is 0 Å². The summed E-state index contributed by atoms with van der Waals surface area (Å²) in [4.78, 5) is 49.9. The predicted octanol–water partition coefficient (Wildman–Crippen LogP) is 4.62. The van der Waals surface area contributed by atoms with Crippen LogP contribution in [0.4, 0.5) is 0 Å². The molecule has 0 aliphatic heterocycles. The molecule has 0 bridgehead atoms. The molecule has 2 heterocycles. The zero-order chi connectivity index (χ0) is 26.6. The number of carbonyl (C=O) groups is 2. The number of carbonyl (C=O) groups excluding carboxylic acids is 2. The van der Waals surface area contributed by atoms with E-state index < -0.39 is 33.2 Å². The maximum atomic E-state index is 12.7. The van der Waals surface area contributed by atoms with E-state index in [0.717, 1.165) is 12.5 Å². The van der Waals surface area contributed by atoms with Crippen LogP contribution in [0.2, 0.25) is 0 Å². The van der Waals surface area contributed by atoms with E-state index in [4.69, 9.17) is 8.83 Å². The molecule has 2 atom stereocenters. The van der Waals surface area contributed by atoms with Crippen molar-refractivity contribution in [3.05, 3.63) is 56.6 Å². The molecule has 2 unspecified atom stereocenters. The van der Waals surface area contributed by atoms with E-state index in [1.165, 1.54) is 12.5 Å². The molecule has 192 valence electrons. The lowest BCUT2D eigenvalue weighted by atomic mass is 9.76. The average Bonchev–Trinajstić information content (AvgIpc) is 2.76. The quantitative estimate of drug-likeness (QED) is 0.442. The van der Waals surface area contributed by atoms with Gasteiger partial charge >= 0.3 is 0 Å². The molecule has 35 heavy (non-hydrogen) atoms. The van der Waals surface area contributed by atoms with Crippen LogP contribution < -0.4 is 10.9 Å². The number of hydrogen-bond donors (Lipinski definition) is 2. The highest BCUT2D eigenvalue weighted by atomic mass is 16.3. The van der Waals surface area contributed by atoms with Gasteiger partial charge in [0.05, 0.1) is 12.5 Å². The molecule has 2 rings (SSSR count). The molecule has 2 aromatic heterocycles. The van der Waals surface area contributed by atoms with Gasteiger partial charge in [-0.2, -0.15) is 0 Å². The van der Waals surface area contributed by atoms with Gasteiger partial charge in [0.25, 0.3) is 0 Å². The Morgan fingerprint density at radius 2 is 1.09 bits per heavy atom. The summed E-state index contributed by atoms with van der Waals surface area (Å²) in [5, 5.41) is 19.3. The fourth-order valence-corrected chi connectivity index (χ4v) is 4.66. The standard InChI is InChI=1S/C27H36O8/c1-16(10-26(3,4)18-12-34-14-22(30)24(18)32)20(28)8-7-9-21(29)17(2)11-27(5,6)19-13-35-15-23(31)25(19)33/h12-17,30-31H,7-11H2,1-6H3. The minimum atomic E-state index is -0.678. The molecule has 0 aromatic carbocycles. The Morgan fingerprint density at radius 1 is 0.743 bits per heavy atom. The maximum Gasteiger partial charge on any atom is 0.230 e. The van der Waals surface area contributed by atoms with Gasteiger partial charge in [0.1, 0.15) is 24.1 Å². The molecule has 0 saturated heterocycles. The van der Waals surface area contributed by atoms with Crippen LogP contribution in [0.3, 0.4) is 0 Å². The smallest absolute Gasteiger partial charge is 0.230 e. The lowest BCUT2D eigenvalue weighted by Gasteiger charge is -2.27. The van der Waals surface area contributed by atoms with Crippen LogP contribution in [0.15, 0.2) is 43.5 Å². The van der Waals surface area contributed by atoms with Crippen molar-refractivity contribution in [3.8, 4) is 11.5 Å². The van der Waals surface area contributed by atoms with E-state index in [2.05, 4.69) is 0 Å². The van der Waals surface area contributed by atoms with Crippen LogP contribution in [0, 0.1) is 11.8 Å². The highest BCUT2D eigenvalue weighted by Gasteiger charge is 2.31. The fraction of sp³-hybridized carbons (Fsp3) is 0.556. The van der Waals surface area contributed by atoms with Gasteiger partial charge in [-0.3, -0.25) is 19.2 Å². The number of rotatable bonds is 12. The van der Waals surface area contributed by atoms with E-state index in [1.807, 2.05) is 27.7 Å². The van der Waals surface area contributed by atoms with Gasteiger partial charge in [-0.05, 0) is 30.1 Å². The first kappa shape index (κ1) is 28.1. The lowest BCUT2D eigenvalue weighted by molar-refractivity contribution is -0.124. The first-order valence-electron chi connectivity index (χ1n) is 11.8. The van der Waals surface area contributed by atoms with Gasteiger partial charge in [-0.1, -0.05) is 41.5 Å². The van der Waals surface area contributed by atoms with Crippen LogP contribution in [-0.4, -0.2) is 21.8 Å². The Bertz CT molecular complexity index is 1080. The van der Waals surface area contributed by atoms with Crippen molar-refractivity contribution in [2.24, 2.45) is 11.8 Å². The average molecular weight is 489 g/mol. The van der Waals surface area contributed by atoms with Crippen molar-refractivity contribution in [1.82, 2.24) is 0 Å². The summed E-state index contributed by atoms with van der Waals surface area (Å²) >= 11 is 0. The van der Waals surface area contributed by atoms with Crippen LogP contribution in [0.5, 0.6) is 11.5 Å². The van der Waals surface area contributed by atoms with E-state index in [0.29, 0.717) is 30.4 Å². The first-order valence-corrected chi connectivity index (χ1v) is 11.8. The predicted molar refractivity (Wildman–Crippen MR) is 131 cm³/mol. The lowest BCUT2D eigenvalue weighted by Crippen LogP contribution is -2.30. The summed E-state index contributed by atoms with van der Waals surface area (Å²) in [5.74, 6) is -1.61. The molecule has 0 aliphatic carbocycles. The third-order valence-corrected chi connectivity index (χ3v) is 6.72. The van der Waals surface area contributed by atoms with Crippen molar-refractivity contribution in [3.63, 3.8) is 0 Å². The molecule has 8 nitrogen and oxygen atoms in total. The third-order valence-electron chi connectivity index (χ3n) is 6.72. The number of hydrogen-bond acceptors (Lipinski definition) is 8. The largest absolute Gasteiger partial charge is 0.502 e. The summed E-state index contributed by atoms with van der Waals surface area (Å²) in [7, 11) is 0. The van der Waals surface area contributed by atoms with Crippen LogP contribution in [-0.2, 0) is 20.4 Å². The topological polar surface area (TPSA) is 135 Å². The number of aromatic hydroxyl groups is 2. The van der Waals surface area contributed by atoms with Gasteiger partial charge in [0.15, 0.2) is 11.5 Å². The summed E-state index contributed by atoms with van der Waals surface area (Å²) in [6.07, 6.45) is 6.26. The second kappa shape index (κ2) is 11.1. The van der Waals surface area contributed by atoms with Gasteiger partial charge in [-0.15, -0.1) is 0 Å². The Balaban J connectivity index is 1.90. The summed E-state index contributed by atoms with van der Waals surface area (Å²) < 4.78 is 10.1. The van der Waals surface area contributed by atoms with Gasteiger partial charge in [0, 0.05) is 35.8 Å². The SMILES string of the molecule is CC(CC(C)(C)c1cocc(O)c1=O)C(=O)CCCC(=O)C(C)CC(C)(C)c1cocc(O)c1=O. The molecule has 0 fully saturated rings. The van der Waals surface area contributed by atoms with Gasteiger partial charge < -0.3 is 19.0 Å². The minimum absolute atomic E-state index is 0.000711. The molecule has 0 amide bonds. The van der Waals surface area contributed by atoms with Crippen LogP contribution in [0.25, 0.3) is 0 Å². The van der Waals surface area contributed by atoms with Crippen molar-refractivity contribution in [2.75, 3.05) is 0 Å². The Hall–Kier alpha value is -3.16. The number of ketones is 2. The molecule has 2 N–H and O–H groups in total. The van der Waals surface area contributed by atoms with E-state index in [1.54, 1.807) is 13.8 Å². The van der Waals surface area contributed by atoms with E-state index >= 15 is 0 Å². The first-order chi connectivity index (χ1) is 16.2. The highest BCUT2D eigenvalue weighted by Crippen LogP contribution is 2.32. The molecule has 0 saturated carbocycles. The Morgan fingerprint density at radius 3 is 1.43 bits per heavy atom. The summed E-state index contributed by atoms with van der Waals surface area (Å²) in [6.45, 7) is 10.9. The van der Waals surface area contributed by atoms with E-state index in [-0.39, 0.29) is 36.2 Å². The van der Waals surface area contributed by atoms with Crippen molar-refractivity contribution < 1.29 is 28.6 Å². The van der Waals surface area contributed by atoms with Gasteiger partial charge in [0.2, 0.25) is 10.9 Å². The second-order valence-corrected chi connectivity index (χ2v) is 10.8.